The van der Waals surface area contributed by atoms with Gasteiger partial charge in [0, 0.05) is 12.2 Å². The lowest BCUT2D eigenvalue weighted by Crippen LogP contribution is -2.45. The molecule has 0 unspecified atom stereocenters. The summed E-state index contributed by atoms with van der Waals surface area (Å²) in [7, 11) is 3.96. The first-order valence-electron chi connectivity index (χ1n) is 9.36. The molecule has 0 aromatic heterocycles. The van der Waals surface area contributed by atoms with E-state index in [1.807, 2.05) is 44.4 Å². The van der Waals surface area contributed by atoms with Crippen molar-refractivity contribution in [2.75, 3.05) is 32.5 Å². The summed E-state index contributed by atoms with van der Waals surface area (Å²) in [5, 5.41) is 5.63. The molecular formula is C22H29N3O3. The van der Waals surface area contributed by atoms with Crippen LogP contribution in [0.3, 0.4) is 0 Å². The van der Waals surface area contributed by atoms with Gasteiger partial charge in [-0.25, -0.2) is 0 Å². The summed E-state index contributed by atoms with van der Waals surface area (Å²) in [5.74, 6) is 0.774. The second-order valence-electron chi connectivity index (χ2n) is 7.43. The fourth-order valence-electron chi connectivity index (χ4n) is 2.44. The fraction of sp³-hybridized carbons (Fsp3) is 0.364. The standard InChI is InChI=1S/C22H29N3O3/c1-22(2,20(26)23-15-8-16-25(3)4)21(27)24-17-11-13-19(14-12-17)28-18-9-6-5-7-10-18/h5-7,9-14H,8,15-16H2,1-4H3,(H,23,26)(H,24,27). The molecule has 0 saturated carbocycles. The third kappa shape index (κ3) is 6.39. The van der Waals surface area contributed by atoms with Gasteiger partial charge >= 0.3 is 0 Å². The van der Waals surface area contributed by atoms with Crippen LogP contribution in [-0.4, -0.2) is 43.9 Å². The zero-order valence-corrected chi connectivity index (χ0v) is 17.0. The molecular weight excluding hydrogens is 354 g/mol. The van der Waals surface area contributed by atoms with E-state index in [0.717, 1.165) is 18.7 Å². The first kappa shape index (κ1) is 21.4. The largest absolute Gasteiger partial charge is 0.457 e. The molecule has 2 aromatic carbocycles. The summed E-state index contributed by atoms with van der Waals surface area (Å²) in [6.07, 6.45) is 0.833. The van der Waals surface area contributed by atoms with Crippen LogP contribution in [0.2, 0.25) is 0 Å². The molecule has 0 heterocycles. The molecule has 150 valence electrons. The van der Waals surface area contributed by atoms with Crippen molar-refractivity contribution in [3.05, 3.63) is 54.6 Å². The molecule has 0 atom stereocenters. The Morgan fingerprint density at radius 1 is 0.929 bits per heavy atom. The predicted octanol–water partition coefficient (Wildman–Crippen LogP) is 3.51. The average molecular weight is 383 g/mol. The minimum atomic E-state index is -1.17. The first-order valence-corrected chi connectivity index (χ1v) is 9.36. The molecule has 6 heteroatoms. The van der Waals surface area contributed by atoms with Crippen molar-refractivity contribution in [3.8, 4) is 11.5 Å². The zero-order valence-electron chi connectivity index (χ0n) is 17.0. The van der Waals surface area contributed by atoms with E-state index in [4.69, 9.17) is 4.74 Å². The van der Waals surface area contributed by atoms with Crippen LogP contribution in [0.15, 0.2) is 54.6 Å². The Morgan fingerprint density at radius 3 is 2.14 bits per heavy atom. The number of carbonyl (C=O) groups is 2. The number of carbonyl (C=O) groups excluding carboxylic acids is 2. The number of para-hydroxylation sites is 1. The molecule has 2 aromatic rings. The van der Waals surface area contributed by atoms with Crippen LogP contribution in [0, 0.1) is 5.41 Å². The van der Waals surface area contributed by atoms with Crippen LogP contribution >= 0.6 is 0 Å². The van der Waals surface area contributed by atoms with Crippen LogP contribution in [0.4, 0.5) is 5.69 Å². The van der Waals surface area contributed by atoms with E-state index in [2.05, 4.69) is 15.5 Å². The van der Waals surface area contributed by atoms with Crippen molar-refractivity contribution in [3.63, 3.8) is 0 Å². The van der Waals surface area contributed by atoms with Gasteiger partial charge < -0.3 is 20.3 Å². The van der Waals surface area contributed by atoms with E-state index in [1.54, 1.807) is 38.1 Å². The highest BCUT2D eigenvalue weighted by Gasteiger charge is 2.35. The highest BCUT2D eigenvalue weighted by atomic mass is 16.5. The highest BCUT2D eigenvalue weighted by molar-refractivity contribution is 6.09. The van der Waals surface area contributed by atoms with E-state index in [9.17, 15) is 9.59 Å². The highest BCUT2D eigenvalue weighted by Crippen LogP contribution is 2.24. The van der Waals surface area contributed by atoms with Gasteiger partial charge in [0.1, 0.15) is 16.9 Å². The number of anilines is 1. The molecule has 0 spiro atoms. The molecule has 0 radical (unpaired) electrons. The lowest BCUT2D eigenvalue weighted by atomic mass is 9.91. The number of amides is 2. The number of benzene rings is 2. The Labute approximate surface area is 166 Å². The summed E-state index contributed by atoms with van der Waals surface area (Å²) in [5.41, 5.74) is -0.559. The Morgan fingerprint density at radius 2 is 1.54 bits per heavy atom. The maximum Gasteiger partial charge on any atom is 0.239 e. The molecule has 0 fully saturated rings. The van der Waals surface area contributed by atoms with E-state index in [1.165, 1.54) is 0 Å². The van der Waals surface area contributed by atoms with Crippen LogP contribution in [0.5, 0.6) is 11.5 Å². The van der Waals surface area contributed by atoms with Gasteiger partial charge in [-0.2, -0.15) is 0 Å². The molecule has 2 N–H and O–H groups in total. The topological polar surface area (TPSA) is 70.7 Å². The van der Waals surface area contributed by atoms with Crippen molar-refractivity contribution in [1.82, 2.24) is 10.2 Å². The zero-order chi connectivity index (χ0) is 20.6. The van der Waals surface area contributed by atoms with Gasteiger partial charge in [-0.15, -0.1) is 0 Å². The Hall–Kier alpha value is -2.86. The van der Waals surface area contributed by atoms with Crippen molar-refractivity contribution in [2.45, 2.75) is 20.3 Å². The maximum absolute atomic E-state index is 12.6. The summed E-state index contributed by atoms with van der Waals surface area (Å²) < 4.78 is 5.74. The number of ether oxygens (including phenoxy) is 1. The molecule has 0 aliphatic carbocycles. The Balaban J connectivity index is 1.89. The van der Waals surface area contributed by atoms with Crippen LogP contribution < -0.4 is 15.4 Å². The molecule has 0 aliphatic heterocycles. The van der Waals surface area contributed by atoms with Gasteiger partial charge in [0.05, 0.1) is 0 Å². The molecule has 2 amide bonds. The summed E-state index contributed by atoms with van der Waals surface area (Å²) in [6.45, 7) is 4.66. The molecule has 2 rings (SSSR count). The SMILES string of the molecule is CN(C)CCCNC(=O)C(C)(C)C(=O)Nc1ccc(Oc2ccccc2)cc1. The van der Waals surface area contributed by atoms with Crippen molar-refractivity contribution in [1.29, 1.82) is 0 Å². The molecule has 0 saturated heterocycles. The minimum absolute atomic E-state index is 0.284. The third-order valence-electron chi connectivity index (χ3n) is 4.29. The number of nitrogens with one attached hydrogen (secondary N) is 2. The van der Waals surface area contributed by atoms with Gasteiger partial charge in [-0.1, -0.05) is 18.2 Å². The third-order valence-corrected chi connectivity index (χ3v) is 4.29. The van der Waals surface area contributed by atoms with Crippen LogP contribution in [-0.2, 0) is 9.59 Å². The predicted molar refractivity (Wildman–Crippen MR) is 112 cm³/mol. The summed E-state index contributed by atoms with van der Waals surface area (Å²) >= 11 is 0. The van der Waals surface area contributed by atoms with Gasteiger partial charge in [0.2, 0.25) is 11.8 Å². The number of hydrogen-bond acceptors (Lipinski definition) is 4. The monoisotopic (exact) mass is 383 g/mol. The van der Waals surface area contributed by atoms with Crippen molar-refractivity contribution >= 4 is 17.5 Å². The number of nitrogens with zero attached hydrogens (tertiary/aromatic N) is 1. The molecule has 6 nitrogen and oxygen atoms in total. The fourth-order valence-corrected chi connectivity index (χ4v) is 2.44. The summed E-state index contributed by atoms with van der Waals surface area (Å²) in [6, 6.07) is 16.5. The summed E-state index contributed by atoms with van der Waals surface area (Å²) in [4.78, 5) is 27.0. The van der Waals surface area contributed by atoms with E-state index >= 15 is 0 Å². The van der Waals surface area contributed by atoms with Crippen LogP contribution in [0.25, 0.3) is 0 Å². The second-order valence-corrected chi connectivity index (χ2v) is 7.43. The van der Waals surface area contributed by atoms with Crippen molar-refractivity contribution < 1.29 is 14.3 Å². The Kier molecular flexibility index (Phi) is 7.58. The lowest BCUT2D eigenvalue weighted by molar-refractivity contribution is -0.138. The van der Waals surface area contributed by atoms with Crippen LogP contribution in [0.1, 0.15) is 20.3 Å². The van der Waals surface area contributed by atoms with Crippen molar-refractivity contribution in [2.24, 2.45) is 5.41 Å². The van der Waals surface area contributed by atoms with E-state index < -0.39 is 5.41 Å². The molecule has 0 aliphatic rings. The Bertz CT molecular complexity index is 771. The smallest absolute Gasteiger partial charge is 0.239 e. The maximum atomic E-state index is 12.6. The van der Waals surface area contributed by atoms with Gasteiger partial charge in [-0.3, -0.25) is 9.59 Å². The van der Waals surface area contributed by atoms with E-state index in [0.29, 0.717) is 18.0 Å². The minimum Gasteiger partial charge on any atom is -0.457 e. The number of rotatable bonds is 9. The molecule has 0 bridgehead atoms. The van der Waals surface area contributed by atoms with E-state index in [-0.39, 0.29) is 11.8 Å². The van der Waals surface area contributed by atoms with Gasteiger partial charge in [0.15, 0.2) is 0 Å². The number of hydrogen-bond donors (Lipinski definition) is 2. The normalized spacial score (nSPS) is 11.2. The van der Waals surface area contributed by atoms with Gasteiger partial charge in [0.25, 0.3) is 0 Å². The second kappa shape index (κ2) is 9.90. The quantitative estimate of drug-likeness (QED) is 0.513. The van der Waals surface area contributed by atoms with Gasteiger partial charge in [-0.05, 0) is 77.3 Å². The average Bonchev–Trinajstić information content (AvgIpc) is 2.67. The lowest BCUT2D eigenvalue weighted by Gasteiger charge is -2.23. The first-order chi connectivity index (χ1) is 13.3. The molecule has 28 heavy (non-hydrogen) atoms.